The van der Waals surface area contributed by atoms with Gasteiger partial charge in [0.2, 0.25) is 0 Å². The number of esters is 2. The summed E-state index contributed by atoms with van der Waals surface area (Å²) in [5.41, 5.74) is -0.923. The molecule has 1 rings (SSSR count). The molecular weight excluding hydrogens is 322 g/mol. The van der Waals surface area contributed by atoms with Crippen molar-refractivity contribution in [3.63, 3.8) is 0 Å². The average molecular weight is 345 g/mol. The minimum absolute atomic E-state index is 0.0577. The van der Waals surface area contributed by atoms with E-state index in [4.69, 9.17) is 15.9 Å². The maximum Gasteiger partial charge on any atom is 0.397 e. The van der Waals surface area contributed by atoms with Crippen LogP contribution in [0.25, 0.3) is 0 Å². The molecule has 0 aliphatic heterocycles. The molecule has 1 aromatic rings. The molecule has 0 fully saturated rings. The van der Waals surface area contributed by atoms with Crippen molar-refractivity contribution in [2.24, 2.45) is 0 Å². The fourth-order valence-electron chi connectivity index (χ4n) is 1.74. The van der Waals surface area contributed by atoms with Crippen LogP contribution < -0.4 is 5.32 Å². The van der Waals surface area contributed by atoms with E-state index < -0.39 is 29.0 Å². The number of rotatable bonds is 2. The number of amides is 1. The topological polar surface area (TPSA) is 81.7 Å². The smallest absolute Gasteiger partial charge is 0.397 e. The van der Waals surface area contributed by atoms with Crippen molar-refractivity contribution in [3.05, 3.63) is 29.3 Å². The third-order valence-corrected chi connectivity index (χ3v) is 2.64. The van der Waals surface area contributed by atoms with E-state index in [-0.39, 0.29) is 11.3 Å². The number of benzene rings is 1. The zero-order chi connectivity index (χ0) is 19.4. The van der Waals surface area contributed by atoms with Gasteiger partial charge in [-0.1, -0.05) is 5.92 Å². The number of anilines is 1. The molecule has 0 heterocycles. The summed E-state index contributed by atoms with van der Waals surface area (Å²) < 4.78 is 10.3. The highest BCUT2D eigenvalue weighted by atomic mass is 16.6. The predicted molar refractivity (Wildman–Crippen MR) is 94.0 cm³/mol. The molecule has 1 amide bonds. The Morgan fingerprint density at radius 1 is 1.00 bits per heavy atom. The maximum atomic E-state index is 12.4. The summed E-state index contributed by atoms with van der Waals surface area (Å²) >= 11 is 0. The highest BCUT2D eigenvalue weighted by molar-refractivity contribution is 6.37. The molecule has 6 heteroatoms. The molecule has 0 aromatic heterocycles. The van der Waals surface area contributed by atoms with Crippen LogP contribution in [-0.4, -0.2) is 29.0 Å². The highest BCUT2D eigenvalue weighted by Gasteiger charge is 2.26. The second-order valence-electron chi connectivity index (χ2n) is 7.36. The Hall–Kier alpha value is -2.81. The lowest BCUT2D eigenvalue weighted by Gasteiger charge is -2.21. The SMILES string of the molecule is C#Cc1ccc(NC(=O)C(=O)OC(C)(C)C)c(C(=O)OC(C)(C)C)c1. The maximum absolute atomic E-state index is 12.4. The molecule has 0 saturated carbocycles. The minimum Gasteiger partial charge on any atom is -0.456 e. The van der Waals surface area contributed by atoms with Gasteiger partial charge in [-0.15, -0.1) is 6.42 Å². The molecule has 0 radical (unpaired) electrons. The highest BCUT2D eigenvalue weighted by Crippen LogP contribution is 2.21. The standard InChI is InChI=1S/C19H23NO5/c1-8-12-9-10-14(13(11-12)16(22)24-18(2,3)4)20-15(21)17(23)25-19(5,6)7/h1,9-11H,2-7H3,(H,20,21). The van der Waals surface area contributed by atoms with E-state index in [2.05, 4.69) is 11.2 Å². The second-order valence-corrected chi connectivity index (χ2v) is 7.36. The minimum atomic E-state index is -1.05. The summed E-state index contributed by atoms with van der Waals surface area (Å²) in [5, 5.41) is 2.37. The van der Waals surface area contributed by atoms with Crippen LogP contribution in [-0.2, 0) is 19.1 Å². The van der Waals surface area contributed by atoms with Gasteiger partial charge in [0.25, 0.3) is 0 Å². The van der Waals surface area contributed by atoms with Crippen LogP contribution >= 0.6 is 0 Å². The summed E-state index contributed by atoms with van der Waals surface area (Å²) in [6.07, 6.45) is 5.35. The number of hydrogen-bond donors (Lipinski definition) is 1. The molecule has 25 heavy (non-hydrogen) atoms. The largest absolute Gasteiger partial charge is 0.456 e. The quantitative estimate of drug-likeness (QED) is 0.506. The van der Waals surface area contributed by atoms with Crippen molar-refractivity contribution in [2.75, 3.05) is 5.32 Å². The van der Waals surface area contributed by atoms with Gasteiger partial charge in [0.1, 0.15) is 11.2 Å². The van der Waals surface area contributed by atoms with Gasteiger partial charge in [-0.2, -0.15) is 0 Å². The first kappa shape index (κ1) is 20.2. The number of carbonyl (C=O) groups excluding carboxylic acids is 3. The Kier molecular flexibility index (Phi) is 5.98. The summed E-state index contributed by atoms with van der Waals surface area (Å²) in [4.78, 5) is 36.2. The average Bonchev–Trinajstić information content (AvgIpc) is 2.43. The lowest BCUT2D eigenvalue weighted by molar-refractivity contribution is -0.161. The van der Waals surface area contributed by atoms with Crippen molar-refractivity contribution >= 4 is 23.5 Å². The fraction of sp³-hybridized carbons (Fsp3) is 0.421. The molecule has 0 atom stereocenters. The van der Waals surface area contributed by atoms with Crippen LogP contribution in [0.2, 0.25) is 0 Å². The lowest BCUT2D eigenvalue weighted by atomic mass is 10.1. The monoisotopic (exact) mass is 345 g/mol. The van der Waals surface area contributed by atoms with Crippen molar-refractivity contribution in [1.82, 2.24) is 0 Å². The van der Waals surface area contributed by atoms with E-state index >= 15 is 0 Å². The fourth-order valence-corrected chi connectivity index (χ4v) is 1.74. The van der Waals surface area contributed by atoms with Crippen molar-refractivity contribution < 1.29 is 23.9 Å². The first-order valence-corrected chi connectivity index (χ1v) is 7.71. The van der Waals surface area contributed by atoms with Gasteiger partial charge in [-0.3, -0.25) is 4.79 Å². The molecule has 0 saturated heterocycles. The first-order chi connectivity index (χ1) is 11.3. The van der Waals surface area contributed by atoms with Gasteiger partial charge in [-0.25, -0.2) is 9.59 Å². The summed E-state index contributed by atoms with van der Waals surface area (Å²) in [7, 11) is 0. The van der Waals surface area contributed by atoms with Crippen LogP contribution in [0.15, 0.2) is 18.2 Å². The van der Waals surface area contributed by atoms with E-state index in [1.54, 1.807) is 47.6 Å². The molecule has 0 unspecified atom stereocenters. The Morgan fingerprint density at radius 2 is 1.56 bits per heavy atom. The lowest BCUT2D eigenvalue weighted by Crippen LogP contribution is -2.33. The molecule has 1 N–H and O–H groups in total. The molecular formula is C19H23NO5. The summed E-state index contributed by atoms with van der Waals surface area (Å²) in [6.45, 7) is 10.1. The van der Waals surface area contributed by atoms with Crippen LogP contribution in [0.5, 0.6) is 0 Å². The molecule has 0 aliphatic rings. The van der Waals surface area contributed by atoms with E-state index in [0.717, 1.165) is 0 Å². The van der Waals surface area contributed by atoms with Gasteiger partial charge in [0.15, 0.2) is 0 Å². The van der Waals surface area contributed by atoms with Crippen molar-refractivity contribution in [1.29, 1.82) is 0 Å². The molecule has 0 bridgehead atoms. The van der Waals surface area contributed by atoms with E-state index in [1.165, 1.54) is 12.1 Å². The Bertz CT molecular complexity index is 730. The number of hydrogen-bond acceptors (Lipinski definition) is 5. The van der Waals surface area contributed by atoms with Gasteiger partial charge >= 0.3 is 17.8 Å². The Morgan fingerprint density at radius 3 is 2.04 bits per heavy atom. The van der Waals surface area contributed by atoms with Gasteiger partial charge in [0.05, 0.1) is 11.3 Å². The van der Waals surface area contributed by atoms with E-state index in [0.29, 0.717) is 5.56 Å². The normalized spacial score (nSPS) is 11.2. The predicted octanol–water partition coefficient (Wildman–Crippen LogP) is 2.90. The van der Waals surface area contributed by atoms with E-state index in [9.17, 15) is 14.4 Å². The Balaban J connectivity index is 3.11. The van der Waals surface area contributed by atoms with Gasteiger partial charge in [0, 0.05) is 5.56 Å². The third-order valence-electron chi connectivity index (χ3n) is 2.64. The summed E-state index contributed by atoms with van der Waals surface area (Å²) in [5.74, 6) is -0.300. The zero-order valence-corrected chi connectivity index (χ0v) is 15.4. The van der Waals surface area contributed by atoms with Gasteiger partial charge in [-0.05, 0) is 59.7 Å². The van der Waals surface area contributed by atoms with Gasteiger partial charge < -0.3 is 14.8 Å². The molecule has 0 aliphatic carbocycles. The number of nitrogens with one attached hydrogen (secondary N) is 1. The Labute approximate surface area is 147 Å². The molecule has 1 aromatic carbocycles. The molecule has 6 nitrogen and oxygen atoms in total. The number of terminal acetylenes is 1. The number of carbonyl (C=O) groups is 3. The summed E-state index contributed by atoms with van der Waals surface area (Å²) in [6, 6.07) is 4.40. The number of ether oxygens (including phenoxy) is 2. The van der Waals surface area contributed by atoms with Crippen molar-refractivity contribution in [3.8, 4) is 12.3 Å². The first-order valence-electron chi connectivity index (χ1n) is 7.71. The van der Waals surface area contributed by atoms with Crippen LogP contribution in [0, 0.1) is 12.3 Å². The van der Waals surface area contributed by atoms with E-state index in [1.807, 2.05) is 0 Å². The molecule has 0 spiro atoms. The van der Waals surface area contributed by atoms with Crippen LogP contribution in [0.1, 0.15) is 57.5 Å². The van der Waals surface area contributed by atoms with Crippen LogP contribution in [0.3, 0.4) is 0 Å². The molecule has 134 valence electrons. The van der Waals surface area contributed by atoms with Crippen molar-refractivity contribution in [2.45, 2.75) is 52.7 Å². The third kappa shape index (κ3) is 6.68. The van der Waals surface area contributed by atoms with Crippen LogP contribution in [0.4, 0.5) is 5.69 Å². The zero-order valence-electron chi connectivity index (χ0n) is 15.4. The second kappa shape index (κ2) is 7.39.